The summed E-state index contributed by atoms with van der Waals surface area (Å²) in [6.45, 7) is 4.53. The van der Waals surface area contributed by atoms with Crippen molar-refractivity contribution in [2.75, 3.05) is 0 Å². The van der Waals surface area contributed by atoms with Gasteiger partial charge in [0.1, 0.15) is 5.82 Å². The van der Waals surface area contributed by atoms with Gasteiger partial charge in [-0.15, -0.1) is 0 Å². The Balaban J connectivity index is 2.30. The molecule has 0 bridgehead atoms. The maximum Gasteiger partial charge on any atom is 0.124 e. The molecule has 1 aliphatic carbocycles. The van der Waals surface area contributed by atoms with Crippen molar-refractivity contribution >= 4 is 11.6 Å². The van der Waals surface area contributed by atoms with Crippen LogP contribution >= 0.6 is 11.6 Å². The molecule has 1 aromatic carbocycles. The normalized spacial score (nSPS) is 18.8. The lowest BCUT2D eigenvalue weighted by molar-refractivity contribution is 0.257. The van der Waals surface area contributed by atoms with E-state index in [4.69, 9.17) is 11.6 Å². The zero-order valence-corrected chi connectivity index (χ0v) is 12.8. The molecule has 0 amide bonds. The number of hydrogen-bond acceptors (Lipinski definition) is 0. The van der Waals surface area contributed by atoms with Gasteiger partial charge in [0.05, 0.1) is 0 Å². The summed E-state index contributed by atoms with van der Waals surface area (Å²) in [5.74, 6) is 0.474. The first kappa shape index (κ1) is 14.8. The lowest BCUT2D eigenvalue weighted by atomic mass is 9.66. The van der Waals surface area contributed by atoms with E-state index in [1.165, 1.54) is 56.6 Å². The standard InChI is InChI=1S/C17H24ClF/c1-13(2)8-11-17(9-4-3-5-10-17)15-7-6-14(19)12-16(15)18/h6-7,12-13H,3-5,8-11H2,1-2H3. The summed E-state index contributed by atoms with van der Waals surface area (Å²) in [5, 5.41) is 0.616. The molecular formula is C17H24ClF. The number of rotatable bonds is 4. The van der Waals surface area contributed by atoms with E-state index < -0.39 is 0 Å². The molecular weight excluding hydrogens is 259 g/mol. The van der Waals surface area contributed by atoms with Gasteiger partial charge in [-0.1, -0.05) is 57.2 Å². The van der Waals surface area contributed by atoms with Crippen molar-refractivity contribution in [1.29, 1.82) is 0 Å². The molecule has 106 valence electrons. The first-order valence-corrected chi connectivity index (χ1v) is 7.87. The van der Waals surface area contributed by atoms with Crippen LogP contribution in [0.4, 0.5) is 4.39 Å². The average molecular weight is 283 g/mol. The Kier molecular flexibility index (Phi) is 4.89. The zero-order valence-electron chi connectivity index (χ0n) is 12.0. The molecule has 0 N–H and O–H groups in total. The van der Waals surface area contributed by atoms with E-state index in [1.807, 2.05) is 6.07 Å². The number of benzene rings is 1. The maximum atomic E-state index is 13.3. The highest BCUT2D eigenvalue weighted by Gasteiger charge is 2.35. The molecule has 0 unspecified atom stereocenters. The largest absolute Gasteiger partial charge is 0.207 e. The van der Waals surface area contributed by atoms with Crippen LogP contribution in [0.3, 0.4) is 0 Å². The smallest absolute Gasteiger partial charge is 0.124 e. The molecule has 0 atom stereocenters. The van der Waals surface area contributed by atoms with Crippen molar-refractivity contribution < 1.29 is 4.39 Å². The van der Waals surface area contributed by atoms with Crippen molar-refractivity contribution in [3.05, 3.63) is 34.6 Å². The number of halogens is 2. The van der Waals surface area contributed by atoms with Crippen molar-refractivity contribution in [3.8, 4) is 0 Å². The fraction of sp³-hybridized carbons (Fsp3) is 0.647. The van der Waals surface area contributed by atoms with Gasteiger partial charge in [0.2, 0.25) is 0 Å². The van der Waals surface area contributed by atoms with Crippen LogP contribution in [0, 0.1) is 11.7 Å². The van der Waals surface area contributed by atoms with Crippen molar-refractivity contribution in [2.24, 2.45) is 5.92 Å². The SMILES string of the molecule is CC(C)CCC1(c2ccc(F)cc2Cl)CCCCC1. The molecule has 2 heteroatoms. The predicted octanol–water partition coefficient (Wildman–Crippen LogP) is 6.12. The molecule has 0 saturated heterocycles. The molecule has 0 nitrogen and oxygen atoms in total. The Morgan fingerprint density at radius 2 is 1.89 bits per heavy atom. The van der Waals surface area contributed by atoms with E-state index in [-0.39, 0.29) is 11.2 Å². The lowest BCUT2D eigenvalue weighted by Crippen LogP contribution is -2.30. The Hall–Kier alpha value is -0.560. The fourth-order valence-corrected chi connectivity index (χ4v) is 3.73. The molecule has 0 aromatic heterocycles. The topological polar surface area (TPSA) is 0 Å². The van der Waals surface area contributed by atoms with E-state index in [0.29, 0.717) is 10.9 Å². The van der Waals surface area contributed by atoms with Gasteiger partial charge in [-0.05, 0) is 48.3 Å². The van der Waals surface area contributed by atoms with Gasteiger partial charge in [-0.25, -0.2) is 4.39 Å². The highest BCUT2D eigenvalue weighted by Crippen LogP contribution is 2.46. The summed E-state index contributed by atoms with van der Waals surface area (Å²) in [5.41, 5.74) is 1.36. The minimum absolute atomic E-state index is 0.188. The van der Waals surface area contributed by atoms with Gasteiger partial charge in [0.25, 0.3) is 0 Å². The van der Waals surface area contributed by atoms with Crippen LogP contribution in [0.25, 0.3) is 0 Å². The molecule has 1 aromatic rings. The fourth-order valence-electron chi connectivity index (χ4n) is 3.37. The Bertz CT molecular complexity index is 419. The van der Waals surface area contributed by atoms with Gasteiger partial charge < -0.3 is 0 Å². The summed E-state index contributed by atoms with van der Waals surface area (Å²) in [4.78, 5) is 0. The van der Waals surface area contributed by atoms with Crippen LogP contribution in [0.5, 0.6) is 0 Å². The first-order chi connectivity index (χ1) is 9.03. The van der Waals surface area contributed by atoms with Crippen LogP contribution in [-0.4, -0.2) is 0 Å². The Morgan fingerprint density at radius 1 is 1.21 bits per heavy atom. The zero-order chi connectivity index (χ0) is 13.9. The van der Waals surface area contributed by atoms with Gasteiger partial charge >= 0.3 is 0 Å². The van der Waals surface area contributed by atoms with E-state index >= 15 is 0 Å². The molecule has 1 fully saturated rings. The van der Waals surface area contributed by atoms with Gasteiger partial charge in [0, 0.05) is 5.02 Å². The summed E-state index contributed by atoms with van der Waals surface area (Å²) < 4.78 is 13.3. The summed E-state index contributed by atoms with van der Waals surface area (Å²) in [6, 6.07) is 4.96. The van der Waals surface area contributed by atoms with E-state index in [9.17, 15) is 4.39 Å². The molecule has 2 rings (SSSR count). The highest BCUT2D eigenvalue weighted by atomic mass is 35.5. The summed E-state index contributed by atoms with van der Waals surface area (Å²) in [6.07, 6.45) is 8.65. The second-order valence-electron chi connectivity index (χ2n) is 6.40. The molecule has 1 aliphatic rings. The van der Waals surface area contributed by atoms with Crippen LogP contribution in [-0.2, 0) is 5.41 Å². The molecule has 1 saturated carbocycles. The van der Waals surface area contributed by atoms with Crippen LogP contribution < -0.4 is 0 Å². The van der Waals surface area contributed by atoms with Crippen molar-refractivity contribution in [2.45, 2.75) is 64.2 Å². The molecule has 0 radical (unpaired) electrons. The average Bonchev–Trinajstić information content (AvgIpc) is 2.37. The quantitative estimate of drug-likeness (QED) is 0.624. The molecule has 0 heterocycles. The van der Waals surface area contributed by atoms with E-state index in [1.54, 1.807) is 6.07 Å². The molecule has 19 heavy (non-hydrogen) atoms. The van der Waals surface area contributed by atoms with Crippen molar-refractivity contribution in [3.63, 3.8) is 0 Å². The second-order valence-corrected chi connectivity index (χ2v) is 6.80. The third-order valence-electron chi connectivity index (χ3n) is 4.51. The number of hydrogen-bond donors (Lipinski definition) is 0. The minimum atomic E-state index is -0.233. The van der Waals surface area contributed by atoms with Crippen molar-refractivity contribution in [1.82, 2.24) is 0 Å². The predicted molar refractivity (Wildman–Crippen MR) is 80.2 cm³/mol. The summed E-state index contributed by atoms with van der Waals surface area (Å²) >= 11 is 6.33. The van der Waals surface area contributed by atoms with Crippen LogP contribution in [0.15, 0.2) is 18.2 Å². The minimum Gasteiger partial charge on any atom is -0.207 e. The Morgan fingerprint density at radius 3 is 2.47 bits per heavy atom. The molecule has 0 spiro atoms. The molecule has 0 aliphatic heterocycles. The van der Waals surface area contributed by atoms with Gasteiger partial charge in [-0.3, -0.25) is 0 Å². The monoisotopic (exact) mass is 282 g/mol. The first-order valence-electron chi connectivity index (χ1n) is 7.49. The van der Waals surface area contributed by atoms with Crippen LogP contribution in [0.1, 0.15) is 64.4 Å². The van der Waals surface area contributed by atoms with Gasteiger partial charge in [-0.2, -0.15) is 0 Å². The van der Waals surface area contributed by atoms with Gasteiger partial charge in [0.15, 0.2) is 0 Å². The highest BCUT2D eigenvalue weighted by molar-refractivity contribution is 6.31. The third kappa shape index (κ3) is 3.51. The maximum absolute atomic E-state index is 13.3. The van der Waals surface area contributed by atoms with Crippen LogP contribution in [0.2, 0.25) is 5.02 Å². The lowest BCUT2D eigenvalue weighted by Gasteiger charge is -2.39. The van der Waals surface area contributed by atoms with E-state index in [0.717, 1.165) is 0 Å². The summed E-state index contributed by atoms with van der Waals surface area (Å²) in [7, 11) is 0. The third-order valence-corrected chi connectivity index (χ3v) is 4.83. The second kappa shape index (κ2) is 6.26. The Labute approximate surface area is 121 Å². The van der Waals surface area contributed by atoms with E-state index in [2.05, 4.69) is 13.8 Å².